The smallest absolute Gasteiger partial charge is 0.189 e. The van der Waals surface area contributed by atoms with E-state index in [0.717, 1.165) is 10.1 Å². The van der Waals surface area contributed by atoms with Crippen molar-refractivity contribution in [3.05, 3.63) is 53.2 Å². The summed E-state index contributed by atoms with van der Waals surface area (Å²) >= 11 is 3.40. The van der Waals surface area contributed by atoms with E-state index in [0.29, 0.717) is 18.2 Å². The number of hydrogen-bond acceptors (Lipinski definition) is 4. The number of nitrogens with zero attached hydrogens (tertiary/aromatic N) is 4. The molecule has 0 aromatic carbocycles. The number of rotatable bonds is 3. The van der Waals surface area contributed by atoms with Crippen LogP contribution in [0.25, 0.3) is 5.65 Å². The van der Waals surface area contributed by atoms with Gasteiger partial charge in [0.1, 0.15) is 12.4 Å². The summed E-state index contributed by atoms with van der Waals surface area (Å²) in [6.45, 7) is 0.324. The van der Waals surface area contributed by atoms with Gasteiger partial charge in [-0.15, -0.1) is 5.10 Å². The van der Waals surface area contributed by atoms with Crippen molar-refractivity contribution in [3.63, 3.8) is 0 Å². The van der Waals surface area contributed by atoms with Gasteiger partial charge in [0.15, 0.2) is 11.5 Å². The van der Waals surface area contributed by atoms with Crippen LogP contribution in [0.3, 0.4) is 0 Å². The van der Waals surface area contributed by atoms with Crippen molar-refractivity contribution in [2.45, 2.75) is 6.61 Å². The Morgan fingerprint density at radius 1 is 1.33 bits per heavy atom. The standard InChI is InChI=1S/C12H9BrN4O/c13-9-3-5-17-12(6-9)15-11(16-17)8-18-10-2-1-4-14-7-10/h1-7H,8H2. The maximum Gasteiger partial charge on any atom is 0.189 e. The highest BCUT2D eigenvalue weighted by Crippen LogP contribution is 2.13. The van der Waals surface area contributed by atoms with Crippen LogP contribution in [0.15, 0.2) is 47.3 Å². The van der Waals surface area contributed by atoms with Gasteiger partial charge >= 0.3 is 0 Å². The first kappa shape index (κ1) is 11.2. The molecule has 0 aliphatic rings. The molecule has 0 aliphatic carbocycles. The van der Waals surface area contributed by atoms with Gasteiger partial charge in [0.25, 0.3) is 0 Å². The molecule has 18 heavy (non-hydrogen) atoms. The van der Waals surface area contributed by atoms with Crippen LogP contribution in [-0.2, 0) is 6.61 Å². The van der Waals surface area contributed by atoms with E-state index in [1.165, 1.54) is 0 Å². The lowest BCUT2D eigenvalue weighted by Gasteiger charge is -2.00. The SMILES string of the molecule is Brc1ccn2nc(COc3cccnc3)nc2c1. The molecule has 0 N–H and O–H groups in total. The molecule has 0 fully saturated rings. The number of hydrogen-bond donors (Lipinski definition) is 0. The summed E-state index contributed by atoms with van der Waals surface area (Å²) in [5, 5.41) is 4.31. The number of pyridine rings is 2. The van der Waals surface area contributed by atoms with Crippen molar-refractivity contribution < 1.29 is 4.74 Å². The molecule has 5 nitrogen and oxygen atoms in total. The van der Waals surface area contributed by atoms with Crippen LogP contribution in [0.2, 0.25) is 0 Å². The topological polar surface area (TPSA) is 52.3 Å². The van der Waals surface area contributed by atoms with E-state index in [-0.39, 0.29) is 0 Å². The van der Waals surface area contributed by atoms with Gasteiger partial charge in [-0.05, 0) is 24.3 Å². The molecule has 0 amide bonds. The molecule has 0 radical (unpaired) electrons. The summed E-state index contributed by atoms with van der Waals surface area (Å²) in [4.78, 5) is 8.34. The zero-order valence-corrected chi connectivity index (χ0v) is 10.9. The van der Waals surface area contributed by atoms with Crippen molar-refractivity contribution in [2.24, 2.45) is 0 Å². The normalized spacial score (nSPS) is 10.7. The fourth-order valence-electron chi connectivity index (χ4n) is 1.54. The highest BCUT2D eigenvalue weighted by molar-refractivity contribution is 9.10. The van der Waals surface area contributed by atoms with E-state index in [1.54, 1.807) is 16.9 Å². The first-order valence-electron chi connectivity index (χ1n) is 5.35. The number of aromatic nitrogens is 4. The largest absolute Gasteiger partial charge is 0.484 e. The van der Waals surface area contributed by atoms with Crippen LogP contribution in [0.4, 0.5) is 0 Å². The Bertz CT molecular complexity index is 668. The van der Waals surface area contributed by atoms with Crippen LogP contribution in [0.1, 0.15) is 5.82 Å². The minimum Gasteiger partial charge on any atom is -0.484 e. The van der Waals surface area contributed by atoms with E-state index >= 15 is 0 Å². The Balaban J connectivity index is 1.79. The van der Waals surface area contributed by atoms with Crippen LogP contribution >= 0.6 is 15.9 Å². The zero-order valence-electron chi connectivity index (χ0n) is 9.32. The summed E-state index contributed by atoms with van der Waals surface area (Å²) < 4.78 is 8.23. The number of ether oxygens (including phenoxy) is 1. The fraction of sp³-hybridized carbons (Fsp3) is 0.0833. The summed E-state index contributed by atoms with van der Waals surface area (Å²) in [5.41, 5.74) is 0.786. The van der Waals surface area contributed by atoms with Gasteiger partial charge in [-0.25, -0.2) is 9.50 Å². The Morgan fingerprint density at radius 3 is 3.11 bits per heavy atom. The second-order valence-electron chi connectivity index (χ2n) is 3.65. The first-order chi connectivity index (χ1) is 8.81. The maximum atomic E-state index is 5.54. The molecule has 3 aromatic rings. The van der Waals surface area contributed by atoms with Crippen LogP contribution < -0.4 is 4.74 Å². The third-order valence-electron chi connectivity index (χ3n) is 2.35. The van der Waals surface area contributed by atoms with Gasteiger partial charge < -0.3 is 4.74 Å². The molecule has 0 atom stereocenters. The molecule has 0 saturated carbocycles. The molecule has 3 aromatic heterocycles. The third kappa shape index (κ3) is 2.33. The van der Waals surface area contributed by atoms with Gasteiger partial charge in [0, 0.05) is 16.9 Å². The van der Waals surface area contributed by atoms with Crippen molar-refractivity contribution in [1.82, 2.24) is 19.6 Å². The van der Waals surface area contributed by atoms with Crippen molar-refractivity contribution >= 4 is 21.6 Å². The van der Waals surface area contributed by atoms with Crippen LogP contribution in [0.5, 0.6) is 5.75 Å². The van der Waals surface area contributed by atoms with E-state index < -0.39 is 0 Å². The third-order valence-corrected chi connectivity index (χ3v) is 2.84. The number of fused-ring (bicyclic) bond motifs is 1. The predicted molar refractivity (Wildman–Crippen MR) is 69.3 cm³/mol. The Kier molecular flexibility index (Phi) is 2.93. The van der Waals surface area contributed by atoms with E-state index in [9.17, 15) is 0 Å². The minimum atomic E-state index is 0.324. The quantitative estimate of drug-likeness (QED) is 0.746. The van der Waals surface area contributed by atoms with Gasteiger partial charge in [-0.2, -0.15) is 0 Å². The van der Waals surface area contributed by atoms with Crippen molar-refractivity contribution in [2.75, 3.05) is 0 Å². The Hall–Kier alpha value is -1.95. The highest BCUT2D eigenvalue weighted by Gasteiger charge is 2.04. The van der Waals surface area contributed by atoms with Crippen LogP contribution in [-0.4, -0.2) is 19.6 Å². The summed E-state index contributed by atoms with van der Waals surface area (Å²) in [6, 6.07) is 7.48. The Labute approximate surface area is 112 Å². The lowest BCUT2D eigenvalue weighted by molar-refractivity contribution is 0.295. The monoisotopic (exact) mass is 304 g/mol. The molecule has 0 aliphatic heterocycles. The zero-order chi connectivity index (χ0) is 12.4. The highest BCUT2D eigenvalue weighted by atomic mass is 79.9. The minimum absolute atomic E-state index is 0.324. The average Bonchev–Trinajstić information content (AvgIpc) is 2.79. The first-order valence-corrected chi connectivity index (χ1v) is 6.14. The number of halogens is 1. The second-order valence-corrected chi connectivity index (χ2v) is 4.57. The van der Waals surface area contributed by atoms with E-state index in [4.69, 9.17) is 4.74 Å². The maximum absolute atomic E-state index is 5.54. The lowest BCUT2D eigenvalue weighted by atomic mass is 10.5. The van der Waals surface area contributed by atoms with E-state index in [2.05, 4.69) is 31.0 Å². The summed E-state index contributed by atoms with van der Waals surface area (Å²) in [6.07, 6.45) is 5.21. The molecule has 0 spiro atoms. The van der Waals surface area contributed by atoms with E-state index in [1.807, 2.05) is 30.5 Å². The van der Waals surface area contributed by atoms with Crippen molar-refractivity contribution in [1.29, 1.82) is 0 Å². The second kappa shape index (κ2) is 4.73. The fourth-order valence-corrected chi connectivity index (χ4v) is 1.87. The molecular formula is C12H9BrN4O. The van der Waals surface area contributed by atoms with Crippen molar-refractivity contribution in [3.8, 4) is 5.75 Å². The van der Waals surface area contributed by atoms with Gasteiger partial charge in [0.2, 0.25) is 0 Å². The Morgan fingerprint density at radius 2 is 2.28 bits per heavy atom. The lowest BCUT2D eigenvalue weighted by Crippen LogP contribution is -1.98. The molecule has 6 heteroatoms. The van der Waals surface area contributed by atoms with Crippen LogP contribution in [0, 0.1) is 0 Å². The molecule has 0 unspecified atom stereocenters. The molecule has 0 saturated heterocycles. The van der Waals surface area contributed by atoms with Gasteiger partial charge in [-0.3, -0.25) is 4.98 Å². The molecule has 0 bridgehead atoms. The molecule has 3 rings (SSSR count). The average molecular weight is 305 g/mol. The molecule has 3 heterocycles. The van der Waals surface area contributed by atoms with Gasteiger partial charge in [0.05, 0.1) is 6.20 Å². The molecular weight excluding hydrogens is 296 g/mol. The molecule has 90 valence electrons. The summed E-state index contributed by atoms with van der Waals surface area (Å²) in [5.74, 6) is 1.34. The van der Waals surface area contributed by atoms with Gasteiger partial charge in [-0.1, -0.05) is 15.9 Å². The predicted octanol–water partition coefficient (Wildman–Crippen LogP) is 2.47. The summed E-state index contributed by atoms with van der Waals surface area (Å²) in [7, 11) is 0.